The van der Waals surface area contributed by atoms with Crippen LogP contribution in [0, 0.1) is 13.8 Å². The number of aromatic carboxylic acids is 1. The number of rotatable bonds is 3. The van der Waals surface area contributed by atoms with Crippen LogP contribution in [0.3, 0.4) is 0 Å². The van der Waals surface area contributed by atoms with E-state index in [2.05, 4.69) is 22.9 Å². The second kappa shape index (κ2) is 4.37. The van der Waals surface area contributed by atoms with E-state index in [1.807, 2.05) is 19.2 Å². The molecule has 0 saturated heterocycles. The number of hydrogen-bond donors (Lipinski definition) is 1. The van der Waals surface area contributed by atoms with Crippen LogP contribution in [0.1, 0.15) is 40.3 Å². The van der Waals surface area contributed by atoms with Crippen LogP contribution in [0.2, 0.25) is 0 Å². The van der Waals surface area contributed by atoms with E-state index >= 15 is 0 Å². The van der Waals surface area contributed by atoms with E-state index in [-0.39, 0.29) is 6.04 Å². The van der Waals surface area contributed by atoms with Gasteiger partial charge in [0.1, 0.15) is 0 Å². The predicted octanol–water partition coefficient (Wildman–Crippen LogP) is 3.47. The largest absolute Gasteiger partial charge is 0.478 e. The number of carboxylic acid groups (broad SMARTS) is 1. The first-order chi connectivity index (χ1) is 8.02. The minimum atomic E-state index is -0.859. The van der Waals surface area contributed by atoms with Gasteiger partial charge in [-0.15, -0.1) is 0 Å². The molecule has 3 nitrogen and oxygen atoms in total. The van der Waals surface area contributed by atoms with E-state index < -0.39 is 5.97 Å². The number of aryl methyl sites for hydroxylation is 1. The van der Waals surface area contributed by atoms with Gasteiger partial charge >= 0.3 is 5.97 Å². The summed E-state index contributed by atoms with van der Waals surface area (Å²) >= 11 is 1.66. The third kappa shape index (κ3) is 2.00. The number of aromatic nitrogens is 1. The van der Waals surface area contributed by atoms with E-state index in [4.69, 9.17) is 5.11 Å². The molecule has 0 aliphatic carbocycles. The van der Waals surface area contributed by atoms with Gasteiger partial charge in [0.25, 0.3) is 0 Å². The Morgan fingerprint density at radius 3 is 2.65 bits per heavy atom. The van der Waals surface area contributed by atoms with Crippen molar-refractivity contribution in [2.45, 2.75) is 26.8 Å². The third-order valence-electron chi connectivity index (χ3n) is 3.13. The van der Waals surface area contributed by atoms with Crippen molar-refractivity contribution in [3.05, 3.63) is 45.4 Å². The van der Waals surface area contributed by atoms with Gasteiger partial charge in [0.05, 0.1) is 11.6 Å². The number of carbonyl (C=O) groups is 1. The van der Waals surface area contributed by atoms with Crippen molar-refractivity contribution >= 4 is 17.3 Å². The number of hydrogen-bond acceptors (Lipinski definition) is 2. The van der Waals surface area contributed by atoms with E-state index in [1.165, 1.54) is 5.56 Å². The summed E-state index contributed by atoms with van der Waals surface area (Å²) in [6.07, 6.45) is 0. The molecule has 1 unspecified atom stereocenters. The molecular weight excluding hydrogens is 234 g/mol. The molecule has 2 aromatic rings. The summed E-state index contributed by atoms with van der Waals surface area (Å²) in [7, 11) is 0. The molecule has 0 fully saturated rings. The Kier molecular flexibility index (Phi) is 3.07. The van der Waals surface area contributed by atoms with Gasteiger partial charge in [-0.3, -0.25) is 0 Å². The van der Waals surface area contributed by atoms with Crippen LogP contribution in [0.15, 0.2) is 22.9 Å². The summed E-state index contributed by atoms with van der Waals surface area (Å²) in [5.74, 6) is -0.859. The third-order valence-corrected chi connectivity index (χ3v) is 3.83. The van der Waals surface area contributed by atoms with E-state index in [0.29, 0.717) is 5.56 Å². The lowest BCUT2D eigenvalue weighted by atomic mass is 10.1. The minimum absolute atomic E-state index is 0.175. The normalized spacial score (nSPS) is 12.6. The first-order valence-electron chi connectivity index (χ1n) is 5.46. The van der Waals surface area contributed by atoms with Crippen LogP contribution < -0.4 is 0 Å². The molecule has 1 N–H and O–H groups in total. The second-order valence-electron chi connectivity index (χ2n) is 4.19. The zero-order valence-electron chi connectivity index (χ0n) is 10.1. The molecule has 90 valence electrons. The van der Waals surface area contributed by atoms with E-state index in [1.54, 1.807) is 17.4 Å². The van der Waals surface area contributed by atoms with Gasteiger partial charge < -0.3 is 9.67 Å². The van der Waals surface area contributed by atoms with Gasteiger partial charge in [0.15, 0.2) is 0 Å². The maximum Gasteiger partial charge on any atom is 0.337 e. The first-order valence-corrected chi connectivity index (χ1v) is 6.40. The quantitative estimate of drug-likeness (QED) is 0.905. The van der Waals surface area contributed by atoms with Crippen LogP contribution in [-0.2, 0) is 0 Å². The van der Waals surface area contributed by atoms with Crippen LogP contribution in [-0.4, -0.2) is 15.6 Å². The maximum absolute atomic E-state index is 11.1. The van der Waals surface area contributed by atoms with E-state index in [0.717, 1.165) is 11.4 Å². The molecule has 0 aromatic carbocycles. The topological polar surface area (TPSA) is 42.2 Å². The molecule has 2 aromatic heterocycles. The molecule has 0 spiro atoms. The SMILES string of the molecule is Cc1cc(C(=O)O)c(C)n1C(C)c1ccsc1. The molecule has 0 aliphatic rings. The Morgan fingerprint density at radius 2 is 2.18 bits per heavy atom. The maximum atomic E-state index is 11.1. The molecule has 4 heteroatoms. The number of nitrogens with zero attached hydrogens (tertiary/aromatic N) is 1. The predicted molar refractivity (Wildman–Crippen MR) is 69.0 cm³/mol. The van der Waals surface area contributed by atoms with Crippen molar-refractivity contribution in [1.82, 2.24) is 4.57 Å². The summed E-state index contributed by atoms with van der Waals surface area (Å²) in [6, 6.07) is 3.99. The summed E-state index contributed by atoms with van der Waals surface area (Å²) < 4.78 is 2.07. The zero-order valence-corrected chi connectivity index (χ0v) is 10.9. The summed E-state index contributed by atoms with van der Waals surface area (Å²) in [6.45, 7) is 5.90. The summed E-state index contributed by atoms with van der Waals surface area (Å²) in [4.78, 5) is 11.1. The fourth-order valence-electron chi connectivity index (χ4n) is 2.25. The Hall–Kier alpha value is -1.55. The highest BCUT2D eigenvalue weighted by molar-refractivity contribution is 7.07. The lowest BCUT2D eigenvalue weighted by Crippen LogP contribution is -2.10. The summed E-state index contributed by atoms with van der Waals surface area (Å²) in [5, 5.41) is 13.2. The Morgan fingerprint density at radius 1 is 1.47 bits per heavy atom. The lowest BCUT2D eigenvalue weighted by molar-refractivity contribution is 0.0696. The highest BCUT2D eigenvalue weighted by atomic mass is 32.1. The molecule has 1 atom stereocenters. The molecule has 0 bridgehead atoms. The van der Waals surface area contributed by atoms with Crippen molar-refractivity contribution < 1.29 is 9.90 Å². The van der Waals surface area contributed by atoms with Gasteiger partial charge in [0, 0.05) is 11.4 Å². The fourth-order valence-corrected chi connectivity index (χ4v) is 3.00. The van der Waals surface area contributed by atoms with Gasteiger partial charge in [-0.2, -0.15) is 11.3 Å². The molecule has 0 saturated carbocycles. The van der Waals surface area contributed by atoms with Crippen molar-refractivity contribution in [2.24, 2.45) is 0 Å². The van der Waals surface area contributed by atoms with Crippen LogP contribution >= 0.6 is 11.3 Å². The highest BCUT2D eigenvalue weighted by Crippen LogP contribution is 2.26. The van der Waals surface area contributed by atoms with Crippen molar-refractivity contribution in [1.29, 1.82) is 0 Å². The van der Waals surface area contributed by atoms with Crippen LogP contribution in [0.25, 0.3) is 0 Å². The Balaban J connectivity index is 2.49. The Bertz CT molecular complexity index is 540. The molecule has 2 heterocycles. The first kappa shape index (κ1) is 11.9. The standard InChI is InChI=1S/C13H15NO2S/c1-8-6-12(13(15)16)10(3)14(8)9(2)11-4-5-17-7-11/h4-7,9H,1-3H3,(H,15,16). The smallest absolute Gasteiger partial charge is 0.337 e. The summed E-state index contributed by atoms with van der Waals surface area (Å²) in [5.41, 5.74) is 3.41. The van der Waals surface area contributed by atoms with Crippen molar-refractivity contribution in [3.63, 3.8) is 0 Å². The van der Waals surface area contributed by atoms with Gasteiger partial charge in [-0.1, -0.05) is 0 Å². The molecule has 0 amide bonds. The Labute approximate surface area is 104 Å². The van der Waals surface area contributed by atoms with Crippen LogP contribution in [0.5, 0.6) is 0 Å². The average molecular weight is 249 g/mol. The molecule has 0 aliphatic heterocycles. The second-order valence-corrected chi connectivity index (χ2v) is 4.97. The molecule has 2 rings (SSSR count). The zero-order chi connectivity index (χ0) is 12.6. The van der Waals surface area contributed by atoms with Gasteiger partial charge in [-0.05, 0) is 49.2 Å². The van der Waals surface area contributed by atoms with Gasteiger partial charge in [0.2, 0.25) is 0 Å². The fraction of sp³-hybridized carbons (Fsp3) is 0.308. The average Bonchev–Trinajstić information content (AvgIpc) is 2.86. The molecular formula is C13H15NO2S. The lowest BCUT2D eigenvalue weighted by Gasteiger charge is -2.17. The van der Waals surface area contributed by atoms with Crippen molar-refractivity contribution in [3.8, 4) is 0 Å². The highest BCUT2D eigenvalue weighted by Gasteiger charge is 2.19. The van der Waals surface area contributed by atoms with Gasteiger partial charge in [-0.25, -0.2) is 4.79 Å². The molecule has 0 radical (unpaired) electrons. The van der Waals surface area contributed by atoms with E-state index in [9.17, 15) is 4.79 Å². The number of thiophene rings is 1. The monoisotopic (exact) mass is 249 g/mol. The number of carboxylic acids is 1. The van der Waals surface area contributed by atoms with Crippen molar-refractivity contribution in [2.75, 3.05) is 0 Å². The minimum Gasteiger partial charge on any atom is -0.478 e. The van der Waals surface area contributed by atoms with Crippen LogP contribution in [0.4, 0.5) is 0 Å². The molecule has 17 heavy (non-hydrogen) atoms.